The van der Waals surface area contributed by atoms with Crippen molar-refractivity contribution in [1.82, 2.24) is 25.1 Å². The Balaban J connectivity index is 1.59. The molecule has 4 rings (SSSR count). The van der Waals surface area contributed by atoms with E-state index < -0.39 is 23.2 Å². The Labute approximate surface area is 220 Å². The normalized spacial score (nSPS) is 19.8. The molecule has 0 radical (unpaired) electrons. The van der Waals surface area contributed by atoms with Crippen molar-refractivity contribution in [2.75, 3.05) is 19.6 Å². The number of alkyl halides is 3. The Kier molecular flexibility index (Phi) is 7.71. The van der Waals surface area contributed by atoms with Crippen molar-refractivity contribution in [2.24, 2.45) is 11.8 Å². The first-order valence-electron chi connectivity index (χ1n) is 12.7. The van der Waals surface area contributed by atoms with Gasteiger partial charge in [0.25, 0.3) is 0 Å². The lowest BCUT2D eigenvalue weighted by Crippen LogP contribution is -2.53. The number of urea groups is 1. The van der Waals surface area contributed by atoms with Crippen LogP contribution in [0.5, 0.6) is 0 Å². The van der Waals surface area contributed by atoms with Crippen LogP contribution in [0.4, 0.5) is 18.0 Å². The summed E-state index contributed by atoms with van der Waals surface area (Å²) in [5, 5.41) is 5.96. The molecule has 1 aromatic heterocycles. The van der Waals surface area contributed by atoms with Crippen molar-refractivity contribution in [3.8, 4) is 0 Å². The van der Waals surface area contributed by atoms with Crippen LogP contribution in [0.3, 0.4) is 0 Å². The number of fused-ring (bicyclic) bond motifs is 1. The molecule has 3 amide bonds. The minimum absolute atomic E-state index is 0.178. The highest BCUT2D eigenvalue weighted by atomic mass is 19.4. The molecule has 38 heavy (non-hydrogen) atoms. The molecule has 2 heterocycles. The average molecular weight is 530 g/mol. The molecule has 7 nitrogen and oxygen atoms in total. The van der Waals surface area contributed by atoms with Gasteiger partial charge in [-0.3, -0.25) is 4.79 Å². The van der Waals surface area contributed by atoms with Crippen LogP contribution in [0.25, 0.3) is 5.57 Å². The number of hydrogen-bond acceptors (Lipinski definition) is 3. The van der Waals surface area contributed by atoms with Gasteiger partial charge in [0, 0.05) is 50.0 Å². The van der Waals surface area contributed by atoms with E-state index in [1.54, 1.807) is 29.3 Å². The lowest BCUT2D eigenvalue weighted by Gasteiger charge is -2.41. The van der Waals surface area contributed by atoms with Crippen LogP contribution in [0, 0.1) is 18.8 Å². The molecule has 1 saturated heterocycles. The molecular formula is C28H34F3N5O2. The van der Waals surface area contributed by atoms with Crippen LogP contribution in [-0.4, -0.2) is 51.6 Å². The van der Waals surface area contributed by atoms with E-state index in [0.29, 0.717) is 43.7 Å². The third-order valence-corrected chi connectivity index (χ3v) is 6.91. The molecule has 2 N–H and O–H groups in total. The van der Waals surface area contributed by atoms with Gasteiger partial charge in [-0.25, -0.2) is 9.78 Å². The molecule has 0 saturated carbocycles. The maximum absolute atomic E-state index is 13.4. The minimum atomic E-state index is -4.45. The highest BCUT2D eigenvalue weighted by molar-refractivity contribution is 5.87. The second-order valence-corrected chi connectivity index (χ2v) is 10.8. The van der Waals surface area contributed by atoms with E-state index in [0.717, 1.165) is 23.5 Å². The Morgan fingerprint density at radius 1 is 1.18 bits per heavy atom. The zero-order chi connectivity index (χ0) is 27.7. The van der Waals surface area contributed by atoms with Gasteiger partial charge in [0.1, 0.15) is 5.82 Å². The van der Waals surface area contributed by atoms with Gasteiger partial charge in [0.05, 0.1) is 11.5 Å². The predicted molar refractivity (Wildman–Crippen MR) is 139 cm³/mol. The zero-order valence-electron chi connectivity index (χ0n) is 22.1. The van der Waals surface area contributed by atoms with Gasteiger partial charge >= 0.3 is 12.2 Å². The van der Waals surface area contributed by atoms with E-state index in [-0.39, 0.29) is 17.9 Å². The Morgan fingerprint density at radius 2 is 1.95 bits per heavy atom. The van der Waals surface area contributed by atoms with Gasteiger partial charge in [-0.05, 0) is 57.4 Å². The number of amides is 3. The van der Waals surface area contributed by atoms with E-state index in [4.69, 9.17) is 0 Å². The van der Waals surface area contributed by atoms with Crippen molar-refractivity contribution in [2.45, 2.75) is 52.4 Å². The van der Waals surface area contributed by atoms with Crippen molar-refractivity contribution in [3.05, 3.63) is 71.3 Å². The SMILES string of the molecule is Cc1nccn1CCNC(=O)C1C=CC(c2cccc(C(F)(F)F)c2)=C2CCN(C(=O)NC(C)(C)C)CC21. The molecule has 2 aromatic rings. The van der Waals surface area contributed by atoms with E-state index >= 15 is 0 Å². The molecule has 0 bridgehead atoms. The third-order valence-electron chi connectivity index (χ3n) is 6.91. The summed E-state index contributed by atoms with van der Waals surface area (Å²) in [4.78, 5) is 32.2. The first kappa shape index (κ1) is 27.5. The van der Waals surface area contributed by atoms with Gasteiger partial charge in [-0.15, -0.1) is 0 Å². The summed E-state index contributed by atoms with van der Waals surface area (Å²) in [5.41, 5.74) is 0.903. The summed E-state index contributed by atoms with van der Waals surface area (Å²) < 4.78 is 42.2. The van der Waals surface area contributed by atoms with E-state index in [2.05, 4.69) is 15.6 Å². The molecule has 0 spiro atoms. The fourth-order valence-corrected chi connectivity index (χ4v) is 5.04. The van der Waals surface area contributed by atoms with Crippen LogP contribution in [-0.2, 0) is 17.5 Å². The summed E-state index contributed by atoms with van der Waals surface area (Å²) in [6, 6.07) is 5.04. The number of piperidine rings is 1. The van der Waals surface area contributed by atoms with Gasteiger partial charge in [0.2, 0.25) is 5.91 Å². The number of aryl methyl sites for hydroxylation is 1. The van der Waals surface area contributed by atoms with Crippen LogP contribution in [0.15, 0.2) is 54.4 Å². The second kappa shape index (κ2) is 10.7. The van der Waals surface area contributed by atoms with Crippen LogP contribution < -0.4 is 10.6 Å². The predicted octanol–water partition coefficient (Wildman–Crippen LogP) is 4.80. The Hall–Kier alpha value is -3.56. The maximum atomic E-state index is 13.4. The monoisotopic (exact) mass is 529 g/mol. The van der Waals surface area contributed by atoms with Gasteiger partial charge in [-0.1, -0.05) is 29.9 Å². The summed E-state index contributed by atoms with van der Waals surface area (Å²) in [6.45, 7) is 9.25. The van der Waals surface area contributed by atoms with Gasteiger partial charge in [-0.2, -0.15) is 13.2 Å². The van der Waals surface area contributed by atoms with Crippen LogP contribution in [0.1, 0.15) is 44.1 Å². The number of hydrogen-bond donors (Lipinski definition) is 2. The second-order valence-electron chi connectivity index (χ2n) is 10.8. The number of nitrogens with zero attached hydrogens (tertiary/aromatic N) is 3. The molecule has 204 valence electrons. The number of rotatable bonds is 5. The fraction of sp³-hybridized carbons (Fsp3) is 0.464. The van der Waals surface area contributed by atoms with E-state index in [1.807, 2.05) is 38.5 Å². The largest absolute Gasteiger partial charge is 0.416 e. The smallest absolute Gasteiger partial charge is 0.354 e. The van der Waals surface area contributed by atoms with Crippen LogP contribution in [0.2, 0.25) is 0 Å². The number of carbonyl (C=O) groups is 2. The van der Waals surface area contributed by atoms with Crippen molar-refractivity contribution in [3.63, 3.8) is 0 Å². The van der Waals surface area contributed by atoms with Gasteiger partial charge < -0.3 is 20.1 Å². The van der Waals surface area contributed by atoms with Crippen molar-refractivity contribution < 1.29 is 22.8 Å². The number of imidazole rings is 1. The number of halogens is 3. The first-order chi connectivity index (χ1) is 17.8. The molecule has 2 atom stereocenters. The number of allylic oxidation sites excluding steroid dienone is 2. The highest BCUT2D eigenvalue weighted by Crippen LogP contribution is 2.41. The lowest BCUT2D eigenvalue weighted by atomic mass is 9.73. The van der Waals surface area contributed by atoms with Crippen LogP contribution >= 0.6 is 0 Å². The molecule has 10 heteroatoms. The third kappa shape index (κ3) is 6.28. The maximum Gasteiger partial charge on any atom is 0.416 e. The summed E-state index contributed by atoms with van der Waals surface area (Å²) in [6.07, 6.45) is 3.08. The Bertz CT molecular complexity index is 1260. The quantitative estimate of drug-likeness (QED) is 0.584. The molecule has 1 aliphatic heterocycles. The molecule has 2 aliphatic rings. The summed E-state index contributed by atoms with van der Waals surface area (Å²) in [7, 11) is 0. The van der Waals surface area contributed by atoms with Crippen molar-refractivity contribution >= 4 is 17.5 Å². The summed E-state index contributed by atoms with van der Waals surface area (Å²) in [5.74, 6) is -0.226. The molecule has 1 fully saturated rings. The summed E-state index contributed by atoms with van der Waals surface area (Å²) >= 11 is 0. The number of carbonyl (C=O) groups excluding carboxylic acids is 2. The van der Waals surface area contributed by atoms with Crippen molar-refractivity contribution in [1.29, 1.82) is 0 Å². The topological polar surface area (TPSA) is 79.3 Å². The average Bonchev–Trinajstić information content (AvgIpc) is 3.25. The molecule has 1 aromatic carbocycles. The van der Waals surface area contributed by atoms with E-state index in [1.165, 1.54) is 6.07 Å². The first-order valence-corrected chi connectivity index (χ1v) is 12.7. The van der Waals surface area contributed by atoms with E-state index in [9.17, 15) is 22.8 Å². The number of nitrogens with one attached hydrogen (secondary N) is 2. The van der Waals surface area contributed by atoms with Gasteiger partial charge in [0.15, 0.2) is 0 Å². The standard InChI is InChI=1S/C28H34F3N5O2/c1-18-32-11-14-35(18)15-12-33-25(37)23-9-8-21(19-6-5-7-20(16-19)28(29,30)31)22-10-13-36(17-24(22)23)26(38)34-27(2,3)4/h5-9,11,14,16,23-24H,10,12-13,15,17H2,1-4H3,(H,33,37)(H,34,38). The molecular weight excluding hydrogens is 495 g/mol. The highest BCUT2D eigenvalue weighted by Gasteiger charge is 2.39. The molecule has 2 unspecified atom stereocenters. The number of likely N-dealkylation sites (tertiary alicyclic amines) is 1. The fourth-order valence-electron chi connectivity index (χ4n) is 5.04. The number of aromatic nitrogens is 2. The lowest BCUT2D eigenvalue weighted by molar-refractivity contribution is -0.137. The molecule has 1 aliphatic carbocycles. The number of benzene rings is 1. The minimum Gasteiger partial charge on any atom is -0.354 e. The Morgan fingerprint density at radius 3 is 2.61 bits per heavy atom. The zero-order valence-corrected chi connectivity index (χ0v) is 22.1.